The Hall–Kier alpha value is -3.54. The van der Waals surface area contributed by atoms with Gasteiger partial charge in [-0.15, -0.1) is 0 Å². The molecule has 0 N–H and O–H groups in total. The Morgan fingerprint density at radius 2 is 1.69 bits per heavy atom. The Morgan fingerprint density at radius 3 is 2.28 bits per heavy atom. The molecule has 1 atom stereocenters. The van der Waals surface area contributed by atoms with E-state index in [1.807, 2.05) is 30.3 Å². The Bertz CT molecular complexity index is 924. The quantitative estimate of drug-likeness (QED) is 0.699. The molecule has 2 amide bonds. The normalized spacial score (nSPS) is 16.2. The van der Waals surface area contributed by atoms with Crippen LogP contribution in [-0.4, -0.2) is 38.0 Å². The zero-order valence-corrected chi connectivity index (χ0v) is 16.6. The monoisotopic (exact) mass is 393 g/mol. The lowest BCUT2D eigenvalue weighted by Crippen LogP contribution is -2.39. The highest BCUT2D eigenvalue weighted by molar-refractivity contribution is 6.07. The van der Waals surface area contributed by atoms with Gasteiger partial charge in [-0.3, -0.25) is 14.5 Å². The summed E-state index contributed by atoms with van der Waals surface area (Å²) in [6.07, 6.45) is 6.82. The third-order valence-electron chi connectivity index (χ3n) is 4.70. The van der Waals surface area contributed by atoms with Crippen LogP contribution in [0, 0.1) is 0 Å². The van der Waals surface area contributed by atoms with E-state index in [0.717, 1.165) is 5.56 Å². The summed E-state index contributed by atoms with van der Waals surface area (Å²) in [5.74, 6) is 0.724. The molecule has 2 aromatic carbocycles. The SMILES string of the molecule is COc1cc(C=CC(=O)N2C(=O)C=CCC2c2ccccc2)cc(OC)c1OC. The van der Waals surface area contributed by atoms with Crippen LogP contribution < -0.4 is 14.2 Å². The van der Waals surface area contributed by atoms with Crippen molar-refractivity contribution in [3.63, 3.8) is 0 Å². The summed E-state index contributed by atoms with van der Waals surface area (Å²) in [4.78, 5) is 26.6. The highest BCUT2D eigenvalue weighted by atomic mass is 16.5. The van der Waals surface area contributed by atoms with Gasteiger partial charge in [0.15, 0.2) is 11.5 Å². The maximum atomic E-state index is 12.9. The van der Waals surface area contributed by atoms with E-state index in [2.05, 4.69) is 0 Å². The number of methoxy groups -OCH3 is 3. The summed E-state index contributed by atoms with van der Waals surface area (Å²) in [7, 11) is 4.58. The maximum Gasteiger partial charge on any atom is 0.254 e. The van der Waals surface area contributed by atoms with Gasteiger partial charge in [-0.05, 0) is 41.8 Å². The van der Waals surface area contributed by atoms with Crippen molar-refractivity contribution in [3.8, 4) is 17.2 Å². The lowest BCUT2D eigenvalue weighted by Gasteiger charge is -2.30. The molecular formula is C23H23NO5. The summed E-state index contributed by atoms with van der Waals surface area (Å²) < 4.78 is 16.0. The van der Waals surface area contributed by atoms with Crippen LogP contribution in [0.2, 0.25) is 0 Å². The number of carbonyl (C=O) groups is 2. The molecule has 0 saturated heterocycles. The molecular weight excluding hydrogens is 370 g/mol. The van der Waals surface area contributed by atoms with E-state index in [-0.39, 0.29) is 17.9 Å². The molecule has 0 saturated carbocycles. The fourth-order valence-corrected chi connectivity index (χ4v) is 3.31. The van der Waals surface area contributed by atoms with Gasteiger partial charge in [0.1, 0.15) is 0 Å². The van der Waals surface area contributed by atoms with Crippen molar-refractivity contribution < 1.29 is 23.8 Å². The Labute approximate surface area is 170 Å². The minimum absolute atomic E-state index is 0.328. The number of benzene rings is 2. The largest absolute Gasteiger partial charge is 0.493 e. The van der Waals surface area contributed by atoms with Crippen LogP contribution in [0.15, 0.2) is 60.7 Å². The van der Waals surface area contributed by atoms with Crippen molar-refractivity contribution in [2.45, 2.75) is 12.5 Å². The summed E-state index contributed by atoms with van der Waals surface area (Å²) in [6, 6.07) is 12.7. The minimum atomic E-state index is -0.387. The molecule has 1 aliphatic heterocycles. The zero-order chi connectivity index (χ0) is 20.8. The predicted molar refractivity (Wildman–Crippen MR) is 110 cm³/mol. The number of hydrogen-bond acceptors (Lipinski definition) is 5. The number of nitrogens with zero attached hydrogens (tertiary/aromatic N) is 1. The zero-order valence-electron chi connectivity index (χ0n) is 16.6. The molecule has 1 heterocycles. The maximum absolute atomic E-state index is 12.9. The van der Waals surface area contributed by atoms with E-state index in [1.165, 1.54) is 38.4 Å². The summed E-state index contributed by atoms with van der Waals surface area (Å²) >= 11 is 0. The minimum Gasteiger partial charge on any atom is -0.493 e. The number of rotatable bonds is 6. The molecule has 0 fully saturated rings. The molecule has 150 valence electrons. The topological polar surface area (TPSA) is 65.1 Å². The predicted octanol–water partition coefficient (Wildman–Crippen LogP) is 3.78. The molecule has 0 aromatic heterocycles. The standard InChI is InChI=1S/C23H23NO5/c1-27-19-14-16(15-20(28-2)23(19)29-3)12-13-22(26)24-18(10-7-11-21(24)25)17-8-5-4-6-9-17/h4-9,11-15,18H,10H2,1-3H3. The lowest BCUT2D eigenvalue weighted by molar-refractivity contribution is -0.142. The number of ether oxygens (including phenoxy) is 3. The summed E-state index contributed by atoms with van der Waals surface area (Å²) in [5, 5.41) is 0. The van der Waals surface area contributed by atoms with Gasteiger partial charge in [0.05, 0.1) is 27.4 Å². The van der Waals surface area contributed by atoms with Crippen molar-refractivity contribution in [3.05, 3.63) is 71.8 Å². The van der Waals surface area contributed by atoms with Crippen LogP contribution >= 0.6 is 0 Å². The molecule has 3 rings (SSSR count). The van der Waals surface area contributed by atoms with Gasteiger partial charge in [-0.1, -0.05) is 36.4 Å². The van der Waals surface area contributed by atoms with Crippen LogP contribution in [-0.2, 0) is 9.59 Å². The van der Waals surface area contributed by atoms with Crippen LogP contribution in [0.25, 0.3) is 6.08 Å². The first-order valence-corrected chi connectivity index (χ1v) is 9.15. The van der Waals surface area contributed by atoms with Crippen LogP contribution in [0.4, 0.5) is 0 Å². The van der Waals surface area contributed by atoms with Crippen molar-refractivity contribution in [2.75, 3.05) is 21.3 Å². The first-order valence-electron chi connectivity index (χ1n) is 9.15. The van der Waals surface area contributed by atoms with Gasteiger partial charge >= 0.3 is 0 Å². The summed E-state index contributed by atoms with van der Waals surface area (Å²) in [6.45, 7) is 0. The van der Waals surface area contributed by atoms with Crippen molar-refractivity contribution >= 4 is 17.9 Å². The van der Waals surface area contributed by atoms with E-state index in [0.29, 0.717) is 29.2 Å². The molecule has 6 nitrogen and oxygen atoms in total. The third kappa shape index (κ3) is 4.32. The number of carbonyl (C=O) groups excluding carboxylic acids is 2. The average Bonchev–Trinajstić information content (AvgIpc) is 2.76. The van der Waals surface area contributed by atoms with Gasteiger partial charge < -0.3 is 14.2 Å². The van der Waals surface area contributed by atoms with E-state index in [1.54, 1.807) is 24.3 Å². The number of hydrogen-bond donors (Lipinski definition) is 0. The van der Waals surface area contributed by atoms with E-state index >= 15 is 0 Å². The van der Waals surface area contributed by atoms with E-state index < -0.39 is 0 Å². The van der Waals surface area contributed by atoms with Crippen molar-refractivity contribution in [1.82, 2.24) is 4.90 Å². The van der Waals surface area contributed by atoms with Crippen LogP contribution in [0.1, 0.15) is 23.6 Å². The number of imide groups is 1. The molecule has 2 aromatic rings. The third-order valence-corrected chi connectivity index (χ3v) is 4.70. The van der Waals surface area contributed by atoms with Gasteiger partial charge in [-0.2, -0.15) is 0 Å². The van der Waals surface area contributed by atoms with Crippen LogP contribution in [0.5, 0.6) is 17.2 Å². The highest BCUT2D eigenvalue weighted by Crippen LogP contribution is 2.38. The fourth-order valence-electron chi connectivity index (χ4n) is 3.31. The number of amides is 2. The first kappa shape index (κ1) is 20.2. The highest BCUT2D eigenvalue weighted by Gasteiger charge is 2.30. The summed E-state index contributed by atoms with van der Waals surface area (Å²) in [5.41, 5.74) is 1.60. The van der Waals surface area contributed by atoms with Crippen LogP contribution in [0.3, 0.4) is 0 Å². The molecule has 29 heavy (non-hydrogen) atoms. The second kappa shape index (κ2) is 9.10. The molecule has 6 heteroatoms. The molecule has 0 radical (unpaired) electrons. The fraction of sp³-hybridized carbons (Fsp3) is 0.217. The van der Waals surface area contributed by atoms with Gasteiger partial charge in [0, 0.05) is 6.08 Å². The van der Waals surface area contributed by atoms with E-state index in [4.69, 9.17) is 14.2 Å². The molecule has 0 aliphatic carbocycles. The average molecular weight is 393 g/mol. The van der Waals surface area contributed by atoms with Gasteiger partial charge in [0.25, 0.3) is 11.8 Å². The Morgan fingerprint density at radius 1 is 1.03 bits per heavy atom. The van der Waals surface area contributed by atoms with Gasteiger partial charge in [0.2, 0.25) is 5.75 Å². The molecule has 0 bridgehead atoms. The second-order valence-corrected chi connectivity index (χ2v) is 6.40. The van der Waals surface area contributed by atoms with Crippen molar-refractivity contribution in [1.29, 1.82) is 0 Å². The molecule has 0 spiro atoms. The smallest absolute Gasteiger partial charge is 0.254 e. The first-order chi connectivity index (χ1) is 14.1. The van der Waals surface area contributed by atoms with Gasteiger partial charge in [-0.25, -0.2) is 0 Å². The second-order valence-electron chi connectivity index (χ2n) is 6.40. The lowest BCUT2D eigenvalue weighted by atomic mass is 9.98. The molecule has 1 unspecified atom stereocenters. The Balaban J connectivity index is 1.89. The van der Waals surface area contributed by atoms with Crippen molar-refractivity contribution in [2.24, 2.45) is 0 Å². The van der Waals surface area contributed by atoms with E-state index in [9.17, 15) is 9.59 Å². The Kier molecular flexibility index (Phi) is 6.34. The molecule has 1 aliphatic rings.